The van der Waals surface area contributed by atoms with Gasteiger partial charge in [0, 0.05) is 4.47 Å². The van der Waals surface area contributed by atoms with Crippen molar-refractivity contribution >= 4 is 15.9 Å². The Bertz CT molecular complexity index is 278. The molecule has 0 fully saturated rings. The first-order valence-electron chi connectivity index (χ1n) is 5.42. The van der Waals surface area contributed by atoms with E-state index in [1.165, 1.54) is 6.42 Å². The lowest BCUT2D eigenvalue weighted by atomic mass is 10.3. The zero-order chi connectivity index (χ0) is 10.9. The Balaban J connectivity index is 2.10. The summed E-state index contributed by atoms with van der Waals surface area (Å²) in [6.07, 6.45) is 2.27. The fraction of sp³-hybridized carbons (Fsp3) is 0.500. The molecule has 0 atom stereocenters. The van der Waals surface area contributed by atoms with Crippen molar-refractivity contribution in [2.75, 3.05) is 19.7 Å². The molecule has 0 bridgehead atoms. The van der Waals surface area contributed by atoms with Crippen LogP contribution >= 0.6 is 15.9 Å². The molecule has 1 N–H and O–H groups in total. The highest BCUT2D eigenvalue weighted by atomic mass is 79.9. The lowest BCUT2D eigenvalue weighted by Crippen LogP contribution is -2.14. The van der Waals surface area contributed by atoms with Crippen LogP contribution in [-0.4, -0.2) is 19.7 Å². The summed E-state index contributed by atoms with van der Waals surface area (Å²) in [5, 5.41) is 3.29. The molecule has 0 aliphatic heterocycles. The molecule has 1 aromatic carbocycles. The summed E-state index contributed by atoms with van der Waals surface area (Å²) in [7, 11) is 0. The average molecular weight is 272 g/mol. The molecule has 1 rings (SSSR count). The molecule has 1 aromatic rings. The number of nitrogens with one attached hydrogen (secondary N) is 1. The second-order valence-electron chi connectivity index (χ2n) is 3.37. The van der Waals surface area contributed by atoms with Crippen LogP contribution in [-0.2, 0) is 0 Å². The van der Waals surface area contributed by atoms with Crippen molar-refractivity contribution in [2.24, 2.45) is 0 Å². The van der Waals surface area contributed by atoms with Gasteiger partial charge in [-0.2, -0.15) is 0 Å². The smallest absolute Gasteiger partial charge is 0.120 e. The molecule has 84 valence electrons. The van der Waals surface area contributed by atoms with Crippen LogP contribution in [0.2, 0.25) is 0 Å². The van der Waals surface area contributed by atoms with Gasteiger partial charge in [-0.3, -0.25) is 0 Å². The molecule has 0 aliphatic carbocycles. The van der Waals surface area contributed by atoms with Gasteiger partial charge in [0.2, 0.25) is 0 Å². The zero-order valence-electron chi connectivity index (χ0n) is 9.13. The van der Waals surface area contributed by atoms with Crippen molar-refractivity contribution < 1.29 is 4.74 Å². The fourth-order valence-electron chi connectivity index (χ4n) is 1.28. The molecule has 3 heteroatoms. The van der Waals surface area contributed by atoms with E-state index in [1.54, 1.807) is 0 Å². The van der Waals surface area contributed by atoms with Crippen LogP contribution in [0.5, 0.6) is 5.75 Å². The lowest BCUT2D eigenvalue weighted by Gasteiger charge is -2.06. The van der Waals surface area contributed by atoms with Gasteiger partial charge >= 0.3 is 0 Å². The molecule has 0 unspecified atom stereocenters. The molecule has 0 aliphatic rings. The minimum atomic E-state index is 0.793. The normalized spacial score (nSPS) is 10.3. The zero-order valence-corrected chi connectivity index (χ0v) is 10.7. The van der Waals surface area contributed by atoms with Crippen LogP contribution in [0.25, 0.3) is 0 Å². The van der Waals surface area contributed by atoms with E-state index < -0.39 is 0 Å². The molecule has 2 nitrogen and oxygen atoms in total. The van der Waals surface area contributed by atoms with Crippen molar-refractivity contribution in [1.29, 1.82) is 0 Å². The van der Waals surface area contributed by atoms with Crippen molar-refractivity contribution in [3.63, 3.8) is 0 Å². The predicted molar refractivity (Wildman–Crippen MR) is 67.4 cm³/mol. The third-order valence-electron chi connectivity index (χ3n) is 2.06. The Morgan fingerprint density at radius 2 is 2.20 bits per heavy atom. The SMILES string of the molecule is CCNCCCCOc1cccc(Br)c1. The van der Waals surface area contributed by atoms with Gasteiger partial charge in [-0.15, -0.1) is 0 Å². The maximum Gasteiger partial charge on any atom is 0.120 e. The highest BCUT2D eigenvalue weighted by Crippen LogP contribution is 2.17. The third kappa shape index (κ3) is 5.80. The van der Waals surface area contributed by atoms with Gasteiger partial charge in [0.25, 0.3) is 0 Å². The van der Waals surface area contributed by atoms with Crippen molar-refractivity contribution in [2.45, 2.75) is 19.8 Å². The lowest BCUT2D eigenvalue weighted by molar-refractivity contribution is 0.306. The Morgan fingerprint density at radius 3 is 2.93 bits per heavy atom. The number of hydrogen-bond acceptors (Lipinski definition) is 2. The van der Waals surface area contributed by atoms with Crippen LogP contribution < -0.4 is 10.1 Å². The highest BCUT2D eigenvalue weighted by Gasteiger charge is 1.94. The molecular formula is C12H18BrNO. The maximum absolute atomic E-state index is 5.61. The highest BCUT2D eigenvalue weighted by molar-refractivity contribution is 9.10. The molecule has 0 saturated carbocycles. The Labute approximate surface area is 100 Å². The third-order valence-corrected chi connectivity index (χ3v) is 2.56. The maximum atomic E-state index is 5.61. The van der Waals surface area contributed by atoms with Gasteiger partial charge in [-0.25, -0.2) is 0 Å². The van der Waals surface area contributed by atoms with Gasteiger partial charge in [-0.05, 0) is 44.1 Å². The second-order valence-corrected chi connectivity index (χ2v) is 4.28. The topological polar surface area (TPSA) is 21.3 Å². The first-order chi connectivity index (χ1) is 7.33. The summed E-state index contributed by atoms with van der Waals surface area (Å²) in [4.78, 5) is 0. The quantitative estimate of drug-likeness (QED) is 0.769. The van der Waals surface area contributed by atoms with Gasteiger partial charge in [-0.1, -0.05) is 28.9 Å². The molecule has 0 heterocycles. The predicted octanol–water partition coefficient (Wildman–Crippen LogP) is 3.22. The molecule has 15 heavy (non-hydrogen) atoms. The van der Waals surface area contributed by atoms with E-state index >= 15 is 0 Å². The van der Waals surface area contributed by atoms with E-state index in [2.05, 4.69) is 28.2 Å². The average Bonchev–Trinajstić information content (AvgIpc) is 2.23. The van der Waals surface area contributed by atoms with E-state index in [4.69, 9.17) is 4.74 Å². The van der Waals surface area contributed by atoms with Crippen molar-refractivity contribution in [1.82, 2.24) is 5.32 Å². The number of unbranched alkanes of at least 4 members (excludes halogenated alkanes) is 1. The van der Waals surface area contributed by atoms with Gasteiger partial charge in [0.15, 0.2) is 0 Å². The van der Waals surface area contributed by atoms with E-state index in [0.29, 0.717) is 0 Å². The number of benzene rings is 1. The number of ether oxygens (including phenoxy) is 1. The summed E-state index contributed by atoms with van der Waals surface area (Å²) in [5.74, 6) is 0.938. The summed E-state index contributed by atoms with van der Waals surface area (Å²) in [6.45, 7) is 5.05. The molecule has 0 spiro atoms. The first-order valence-corrected chi connectivity index (χ1v) is 6.21. The summed E-state index contributed by atoms with van der Waals surface area (Å²) < 4.78 is 6.67. The van der Waals surface area contributed by atoms with Crippen LogP contribution in [0.1, 0.15) is 19.8 Å². The summed E-state index contributed by atoms with van der Waals surface area (Å²) in [6, 6.07) is 7.95. The van der Waals surface area contributed by atoms with E-state index in [-0.39, 0.29) is 0 Å². The monoisotopic (exact) mass is 271 g/mol. The Morgan fingerprint density at radius 1 is 1.33 bits per heavy atom. The van der Waals surface area contributed by atoms with Crippen LogP contribution in [0.15, 0.2) is 28.7 Å². The van der Waals surface area contributed by atoms with Crippen LogP contribution in [0.3, 0.4) is 0 Å². The molecule has 0 saturated heterocycles. The van der Waals surface area contributed by atoms with Crippen molar-refractivity contribution in [3.05, 3.63) is 28.7 Å². The van der Waals surface area contributed by atoms with Crippen LogP contribution in [0, 0.1) is 0 Å². The molecule has 0 radical (unpaired) electrons. The largest absolute Gasteiger partial charge is 0.494 e. The molecular weight excluding hydrogens is 254 g/mol. The first kappa shape index (κ1) is 12.5. The molecule has 0 aromatic heterocycles. The summed E-state index contributed by atoms with van der Waals surface area (Å²) >= 11 is 3.42. The Kier molecular flexibility index (Phi) is 6.44. The second kappa shape index (κ2) is 7.71. The minimum absolute atomic E-state index is 0.793. The van der Waals surface area contributed by atoms with Crippen LogP contribution in [0.4, 0.5) is 0 Å². The summed E-state index contributed by atoms with van der Waals surface area (Å²) in [5.41, 5.74) is 0. The number of halogens is 1. The van der Waals surface area contributed by atoms with E-state index in [1.807, 2.05) is 24.3 Å². The van der Waals surface area contributed by atoms with Gasteiger partial charge in [0.1, 0.15) is 5.75 Å². The van der Waals surface area contributed by atoms with E-state index in [0.717, 1.165) is 36.3 Å². The van der Waals surface area contributed by atoms with E-state index in [9.17, 15) is 0 Å². The number of rotatable bonds is 7. The van der Waals surface area contributed by atoms with Gasteiger partial charge in [0.05, 0.1) is 6.61 Å². The van der Waals surface area contributed by atoms with Gasteiger partial charge < -0.3 is 10.1 Å². The number of hydrogen-bond donors (Lipinski definition) is 1. The standard InChI is InChI=1S/C12H18BrNO/c1-2-14-8-3-4-9-15-12-7-5-6-11(13)10-12/h5-7,10,14H,2-4,8-9H2,1H3. The Hall–Kier alpha value is -0.540. The minimum Gasteiger partial charge on any atom is -0.494 e. The molecule has 0 amide bonds. The fourth-order valence-corrected chi connectivity index (χ4v) is 1.65. The van der Waals surface area contributed by atoms with Crippen molar-refractivity contribution in [3.8, 4) is 5.75 Å².